The van der Waals surface area contributed by atoms with Gasteiger partial charge in [-0.15, -0.1) is 11.3 Å². The van der Waals surface area contributed by atoms with Crippen molar-refractivity contribution in [2.75, 3.05) is 18.5 Å². The smallest absolute Gasteiger partial charge is 0.241 e. The number of thiazole rings is 1. The Labute approximate surface area is 121 Å². The summed E-state index contributed by atoms with van der Waals surface area (Å²) in [4.78, 5) is 16.4. The first kappa shape index (κ1) is 13.5. The van der Waals surface area contributed by atoms with Crippen LogP contribution in [0, 0.1) is 5.92 Å². The highest BCUT2D eigenvalue weighted by molar-refractivity contribution is 7.16. The van der Waals surface area contributed by atoms with E-state index in [4.69, 9.17) is 10.5 Å². The molecule has 106 valence electrons. The van der Waals surface area contributed by atoms with Crippen LogP contribution in [-0.4, -0.2) is 30.1 Å². The van der Waals surface area contributed by atoms with Crippen molar-refractivity contribution < 1.29 is 9.53 Å². The molecule has 0 bridgehead atoms. The van der Waals surface area contributed by atoms with Gasteiger partial charge in [0.2, 0.25) is 5.91 Å². The van der Waals surface area contributed by atoms with E-state index in [0.717, 1.165) is 28.7 Å². The standard InChI is InChI=1S/C14H17N3O2S/c15-13(9-3-5-19-6-4-9)14(18)17-10-1-2-11-12(7-10)20-8-16-11/h1-2,7-9,13H,3-6,15H2,(H,17,18). The highest BCUT2D eigenvalue weighted by atomic mass is 32.1. The molecule has 1 aliphatic rings. The fourth-order valence-corrected chi connectivity index (χ4v) is 3.16. The van der Waals surface area contributed by atoms with Crippen molar-refractivity contribution in [1.29, 1.82) is 0 Å². The lowest BCUT2D eigenvalue weighted by Crippen LogP contribution is -2.43. The maximum atomic E-state index is 12.2. The summed E-state index contributed by atoms with van der Waals surface area (Å²) in [5, 5.41) is 2.90. The highest BCUT2D eigenvalue weighted by Gasteiger charge is 2.26. The number of amides is 1. The monoisotopic (exact) mass is 291 g/mol. The molecule has 1 saturated heterocycles. The summed E-state index contributed by atoms with van der Waals surface area (Å²) < 4.78 is 6.35. The molecule has 1 amide bonds. The third-order valence-corrected chi connectivity index (χ3v) is 4.47. The van der Waals surface area contributed by atoms with Crippen molar-refractivity contribution in [3.63, 3.8) is 0 Å². The second-order valence-corrected chi connectivity index (χ2v) is 5.89. The molecule has 0 aliphatic carbocycles. The summed E-state index contributed by atoms with van der Waals surface area (Å²) in [5.41, 5.74) is 9.57. The van der Waals surface area contributed by atoms with Gasteiger partial charge in [0.15, 0.2) is 0 Å². The van der Waals surface area contributed by atoms with Gasteiger partial charge in [0.1, 0.15) is 0 Å². The molecule has 5 nitrogen and oxygen atoms in total. The van der Waals surface area contributed by atoms with Gasteiger partial charge in [-0.3, -0.25) is 4.79 Å². The van der Waals surface area contributed by atoms with Gasteiger partial charge in [0.25, 0.3) is 0 Å². The Kier molecular flexibility index (Phi) is 3.95. The van der Waals surface area contributed by atoms with E-state index in [2.05, 4.69) is 10.3 Å². The lowest BCUT2D eigenvalue weighted by atomic mass is 9.92. The Hall–Kier alpha value is -1.50. The van der Waals surface area contributed by atoms with Crippen molar-refractivity contribution >= 4 is 33.1 Å². The van der Waals surface area contributed by atoms with Crippen LogP contribution in [0.1, 0.15) is 12.8 Å². The summed E-state index contributed by atoms with van der Waals surface area (Å²) in [6, 6.07) is 5.22. The van der Waals surface area contributed by atoms with Gasteiger partial charge in [-0.1, -0.05) is 0 Å². The zero-order valence-corrected chi connectivity index (χ0v) is 11.9. The molecule has 2 heterocycles. The zero-order valence-electron chi connectivity index (χ0n) is 11.0. The summed E-state index contributed by atoms with van der Waals surface area (Å²) in [7, 11) is 0. The summed E-state index contributed by atoms with van der Waals surface area (Å²) in [5.74, 6) is 0.0802. The van der Waals surface area contributed by atoms with Crippen LogP contribution in [0.15, 0.2) is 23.7 Å². The number of carbonyl (C=O) groups is 1. The number of rotatable bonds is 3. The van der Waals surface area contributed by atoms with Crippen LogP contribution >= 0.6 is 11.3 Å². The largest absolute Gasteiger partial charge is 0.381 e. The number of hydrogen-bond acceptors (Lipinski definition) is 5. The van der Waals surface area contributed by atoms with E-state index in [-0.39, 0.29) is 11.8 Å². The fourth-order valence-electron chi connectivity index (χ4n) is 2.45. The van der Waals surface area contributed by atoms with Crippen molar-refractivity contribution in [1.82, 2.24) is 4.98 Å². The molecular weight excluding hydrogens is 274 g/mol. The van der Waals surface area contributed by atoms with Crippen LogP contribution in [0.5, 0.6) is 0 Å². The van der Waals surface area contributed by atoms with E-state index in [0.29, 0.717) is 13.2 Å². The number of nitrogens with zero attached hydrogens (tertiary/aromatic N) is 1. The average molecular weight is 291 g/mol. The number of anilines is 1. The first-order valence-electron chi connectivity index (χ1n) is 6.71. The Morgan fingerprint density at radius 2 is 2.25 bits per heavy atom. The van der Waals surface area contributed by atoms with Crippen LogP contribution in [0.3, 0.4) is 0 Å². The lowest BCUT2D eigenvalue weighted by molar-refractivity contribution is -0.119. The molecule has 1 fully saturated rings. The topological polar surface area (TPSA) is 77.2 Å². The minimum Gasteiger partial charge on any atom is -0.381 e. The Morgan fingerprint density at radius 1 is 1.45 bits per heavy atom. The Bertz CT molecular complexity index is 607. The molecule has 1 aromatic carbocycles. The molecule has 1 aliphatic heterocycles. The van der Waals surface area contributed by atoms with E-state index in [1.165, 1.54) is 0 Å². The van der Waals surface area contributed by atoms with Crippen LogP contribution in [0.25, 0.3) is 10.2 Å². The molecule has 6 heteroatoms. The van der Waals surface area contributed by atoms with Gasteiger partial charge < -0.3 is 15.8 Å². The van der Waals surface area contributed by atoms with E-state index >= 15 is 0 Å². The van der Waals surface area contributed by atoms with Crippen molar-refractivity contribution in [3.05, 3.63) is 23.7 Å². The second-order valence-electron chi connectivity index (χ2n) is 5.00. The first-order chi connectivity index (χ1) is 9.74. The summed E-state index contributed by atoms with van der Waals surface area (Å²) in [6.45, 7) is 1.39. The fraction of sp³-hybridized carbons (Fsp3) is 0.429. The van der Waals surface area contributed by atoms with Crippen molar-refractivity contribution in [3.8, 4) is 0 Å². The molecule has 2 aromatic rings. The number of ether oxygens (including phenoxy) is 1. The maximum absolute atomic E-state index is 12.2. The van der Waals surface area contributed by atoms with Crippen molar-refractivity contribution in [2.45, 2.75) is 18.9 Å². The number of fused-ring (bicyclic) bond motifs is 1. The van der Waals surface area contributed by atoms with E-state index in [1.807, 2.05) is 18.2 Å². The molecule has 20 heavy (non-hydrogen) atoms. The minimum atomic E-state index is -0.476. The Morgan fingerprint density at radius 3 is 3.05 bits per heavy atom. The SMILES string of the molecule is NC(C(=O)Nc1ccc2ncsc2c1)C1CCOCC1. The normalized spacial score (nSPS) is 18.1. The number of nitrogens with two attached hydrogens (primary N) is 1. The van der Waals surface area contributed by atoms with E-state index < -0.39 is 6.04 Å². The van der Waals surface area contributed by atoms with Crippen molar-refractivity contribution in [2.24, 2.45) is 11.7 Å². The Balaban J connectivity index is 1.67. The molecule has 3 N–H and O–H groups in total. The lowest BCUT2D eigenvalue weighted by Gasteiger charge is -2.26. The average Bonchev–Trinajstić information content (AvgIpc) is 2.95. The van der Waals surface area contributed by atoms with Crippen LogP contribution in [0.4, 0.5) is 5.69 Å². The predicted octanol–water partition coefficient (Wildman–Crippen LogP) is 1.99. The predicted molar refractivity (Wildman–Crippen MR) is 79.8 cm³/mol. The summed E-state index contributed by atoms with van der Waals surface area (Å²) >= 11 is 1.55. The second kappa shape index (κ2) is 5.87. The molecular formula is C14H17N3O2S. The molecule has 1 unspecified atom stereocenters. The van der Waals surface area contributed by atoms with E-state index in [1.54, 1.807) is 16.8 Å². The molecule has 3 rings (SSSR count). The van der Waals surface area contributed by atoms with Gasteiger partial charge in [-0.2, -0.15) is 0 Å². The van der Waals surface area contributed by atoms with Crippen LogP contribution in [-0.2, 0) is 9.53 Å². The number of nitrogens with one attached hydrogen (secondary N) is 1. The number of aromatic nitrogens is 1. The molecule has 0 radical (unpaired) electrons. The molecule has 1 aromatic heterocycles. The van der Waals surface area contributed by atoms with Gasteiger partial charge >= 0.3 is 0 Å². The quantitative estimate of drug-likeness (QED) is 0.906. The zero-order chi connectivity index (χ0) is 13.9. The molecule has 0 spiro atoms. The number of carbonyl (C=O) groups excluding carboxylic acids is 1. The number of benzene rings is 1. The third kappa shape index (κ3) is 2.82. The van der Waals surface area contributed by atoms with Gasteiger partial charge in [0, 0.05) is 18.9 Å². The molecule has 0 saturated carbocycles. The third-order valence-electron chi connectivity index (χ3n) is 3.68. The van der Waals surface area contributed by atoms with Gasteiger partial charge in [-0.05, 0) is 37.0 Å². The summed E-state index contributed by atoms with van der Waals surface area (Å²) in [6.07, 6.45) is 1.70. The number of hydrogen-bond donors (Lipinski definition) is 2. The highest BCUT2D eigenvalue weighted by Crippen LogP contribution is 2.23. The van der Waals surface area contributed by atoms with Gasteiger partial charge in [-0.25, -0.2) is 4.98 Å². The van der Waals surface area contributed by atoms with E-state index in [9.17, 15) is 4.79 Å². The van der Waals surface area contributed by atoms with Crippen LogP contribution in [0.2, 0.25) is 0 Å². The minimum absolute atomic E-state index is 0.124. The molecule has 1 atom stereocenters. The van der Waals surface area contributed by atoms with Gasteiger partial charge in [0.05, 0.1) is 21.8 Å². The first-order valence-corrected chi connectivity index (χ1v) is 7.59. The van der Waals surface area contributed by atoms with Crippen LogP contribution < -0.4 is 11.1 Å². The maximum Gasteiger partial charge on any atom is 0.241 e.